The van der Waals surface area contributed by atoms with Crippen LogP contribution in [0, 0.1) is 23.7 Å². The smallest absolute Gasteiger partial charge is 0.310 e. The first-order chi connectivity index (χ1) is 14.4. The molecule has 0 radical (unpaired) electrons. The first kappa shape index (κ1) is 19.6. The van der Waals surface area contributed by atoms with Gasteiger partial charge in [-0.05, 0) is 42.7 Å². The Labute approximate surface area is 186 Å². The third kappa shape index (κ3) is 3.11. The minimum atomic E-state index is -0.425. The van der Waals surface area contributed by atoms with Crippen LogP contribution in [0.25, 0.3) is 0 Å². The number of hydrogen-bond donors (Lipinski definition) is 2. The second-order valence-electron chi connectivity index (χ2n) is 7.96. The van der Waals surface area contributed by atoms with E-state index in [2.05, 4.69) is 26.6 Å². The zero-order valence-electron chi connectivity index (χ0n) is 15.7. The SMILES string of the molecule is O=C(Nc1ccccc1Cl)c1cccc(NC(=O)[C@@H]2[C@H]3C[C@H]4[C@H](OC(=O)[C@@H]42)[C@@H]3Br)c1. The van der Waals surface area contributed by atoms with Crippen LogP contribution >= 0.6 is 27.5 Å². The maximum atomic E-state index is 13.0. The van der Waals surface area contributed by atoms with Gasteiger partial charge in [-0.3, -0.25) is 14.4 Å². The summed E-state index contributed by atoms with van der Waals surface area (Å²) in [7, 11) is 0. The zero-order valence-corrected chi connectivity index (χ0v) is 18.0. The molecule has 0 spiro atoms. The second-order valence-corrected chi connectivity index (χ2v) is 9.43. The number of carbonyl (C=O) groups excluding carboxylic acids is 3. The molecule has 1 heterocycles. The summed E-state index contributed by atoms with van der Waals surface area (Å²) in [6.45, 7) is 0. The van der Waals surface area contributed by atoms with Crippen LogP contribution in [0.3, 0.4) is 0 Å². The summed E-state index contributed by atoms with van der Waals surface area (Å²) >= 11 is 9.72. The first-order valence-corrected chi connectivity index (χ1v) is 11.0. The van der Waals surface area contributed by atoms with Crippen LogP contribution in [0.5, 0.6) is 0 Å². The monoisotopic (exact) mass is 488 g/mol. The Morgan fingerprint density at radius 2 is 1.87 bits per heavy atom. The van der Waals surface area contributed by atoms with Gasteiger partial charge in [-0.1, -0.05) is 45.7 Å². The van der Waals surface area contributed by atoms with Gasteiger partial charge in [0, 0.05) is 17.2 Å². The van der Waals surface area contributed by atoms with E-state index in [4.69, 9.17) is 16.3 Å². The normalized spacial score (nSPS) is 30.8. The standard InChI is InChI=1S/C22H18BrClN2O4/c23-18-12-9-13-17(22(29)30-19(13)18)16(12)21(28)25-11-5-3-4-10(8-11)20(27)26-15-7-2-1-6-14(15)24/h1-8,12-13,16-19H,9H2,(H,25,28)(H,26,27)/t12-,13-,16-,17+,18-,19+/m1/s1. The van der Waals surface area contributed by atoms with Crippen molar-refractivity contribution in [3.05, 3.63) is 59.1 Å². The highest BCUT2D eigenvalue weighted by Gasteiger charge is 2.67. The minimum Gasteiger partial charge on any atom is -0.461 e. The van der Waals surface area contributed by atoms with Crippen molar-refractivity contribution in [3.63, 3.8) is 0 Å². The van der Waals surface area contributed by atoms with E-state index in [-0.39, 0.29) is 46.5 Å². The summed E-state index contributed by atoms with van der Waals surface area (Å²) in [4.78, 5) is 37.9. The van der Waals surface area contributed by atoms with Crippen LogP contribution in [0.2, 0.25) is 5.02 Å². The van der Waals surface area contributed by atoms with E-state index in [9.17, 15) is 14.4 Å². The van der Waals surface area contributed by atoms with Crippen LogP contribution in [-0.4, -0.2) is 28.7 Å². The molecule has 2 N–H and O–H groups in total. The Balaban J connectivity index is 1.32. The maximum absolute atomic E-state index is 13.0. The number of hydrogen-bond acceptors (Lipinski definition) is 4. The van der Waals surface area contributed by atoms with Crippen molar-refractivity contribution in [2.45, 2.75) is 17.4 Å². The zero-order chi connectivity index (χ0) is 21.0. The van der Waals surface area contributed by atoms with Crippen LogP contribution in [0.15, 0.2) is 48.5 Å². The van der Waals surface area contributed by atoms with E-state index >= 15 is 0 Å². The molecule has 2 amide bonds. The highest BCUT2D eigenvalue weighted by Crippen LogP contribution is 2.60. The predicted octanol–water partition coefficient (Wildman–Crippen LogP) is 4.10. The van der Waals surface area contributed by atoms with Gasteiger partial charge < -0.3 is 15.4 Å². The molecule has 154 valence electrons. The molecule has 5 rings (SSSR count). The van der Waals surface area contributed by atoms with Crippen molar-refractivity contribution in [1.29, 1.82) is 0 Å². The fraction of sp³-hybridized carbons (Fsp3) is 0.318. The van der Waals surface area contributed by atoms with Crippen molar-refractivity contribution >= 4 is 56.7 Å². The minimum absolute atomic E-state index is 0.00804. The summed E-state index contributed by atoms with van der Waals surface area (Å²) in [5.74, 6) is -1.44. The number of alkyl halides is 1. The summed E-state index contributed by atoms with van der Waals surface area (Å²) in [6, 6.07) is 13.7. The van der Waals surface area contributed by atoms with Gasteiger partial charge in [0.05, 0.1) is 27.4 Å². The molecule has 2 bridgehead atoms. The molecule has 6 nitrogen and oxygen atoms in total. The van der Waals surface area contributed by atoms with Crippen LogP contribution in [-0.2, 0) is 14.3 Å². The summed E-state index contributed by atoms with van der Waals surface area (Å²) in [5, 5.41) is 6.10. The average molecular weight is 490 g/mol. The van der Waals surface area contributed by atoms with Crippen molar-refractivity contribution in [2.24, 2.45) is 23.7 Å². The molecule has 2 aliphatic carbocycles. The number of para-hydroxylation sites is 1. The molecule has 1 aliphatic heterocycles. The lowest BCUT2D eigenvalue weighted by atomic mass is 9.79. The number of amides is 2. The number of benzene rings is 2. The Bertz CT molecular complexity index is 1060. The van der Waals surface area contributed by atoms with E-state index in [0.717, 1.165) is 6.42 Å². The van der Waals surface area contributed by atoms with Crippen molar-refractivity contribution in [2.75, 3.05) is 10.6 Å². The first-order valence-electron chi connectivity index (χ1n) is 9.75. The van der Waals surface area contributed by atoms with Gasteiger partial charge in [0.15, 0.2) is 0 Å². The number of halogens is 2. The van der Waals surface area contributed by atoms with Crippen LogP contribution < -0.4 is 10.6 Å². The topological polar surface area (TPSA) is 84.5 Å². The van der Waals surface area contributed by atoms with Crippen molar-refractivity contribution in [3.8, 4) is 0 Å². The summed E-state index contributed by atoms with van der Waals surface area (Å²) < 4.78 is 5.47. The van der Waals surface area contributed by atoms with Crippen molar-refractivity contribution < 1.29 is 19.1 Å². The Morgan fingerprint density at radius 1 is 1.07 bits per heavy atom. The largest absolute Gasteiger partial charge is 0.461 e. The molecule has 6 atom stereocenters. The Kier molecular flexibility index (Phi) is 4.82. The molecule has 3 aliphatic rings. The van der Waals surface area contributed by atoms with Gasteiger partial charge in [-0.25, -0.2) is 0 Å². The molecular formula is C22H18BrClN2O4. The molecule has 2 saturated carbocycles. The molecule has 0 unspecified atom stereocenters. The third-order valence-corrected chi connectivity index (χ3v) is 7.87. The van der Waals surface area contributed by atoms with E-state index in [1.54, 1.807) is 48.5 Å². The summed E-state index contributed by atoms with van der Waals surface area (Å²) in [5.41, 5.74) is 1.40. The second kappa shape index (κ2) is 7.39. The van der Waals surface area contributed by atoms with Gasteiger partial charge in [0.2, 0.25) is 5.91 Å². The lowest BCUT2D eigenvalue weighted by Crippen LogP contribution is -2.40. The summed E-state index contributed by atoms with van der Waals surface area (Å²) in [6.07, 6.45) is 0.698. The molecule has 2 aromatic rings. The van der Waals surface area contributed by atoms with E-state index in [1.165, 1.54) is 0 Å². The lowest BCUT2D eigenvalue weighted by Gasteiger charge is -2.27. The fourth-order valence-electron chi connectivity index (χ4n) is 5.05. The molecule has 8 heteroatoms. The number of rotatable bonds is 4. The quantitative estimate of drug-likeness (QED) is 0.500. The van der Waals surface area contributed by atoms with Gasteiger partial charge >= 0.3 is 5.97 Å². The van der Waals surface area contributed by atoms with Crippen molar-refractivity contribution in [1.82, 2.24) is 0 Å². The molecule has 0 aromatic heterocycles. The maximum Gasteiger partial charge on any atom is 0.310 e. The van der Waals surface area contributed by atoms with Gasteiger partial charge in [0.1, 0.15) is 6.10 Å². The van der Waals surface area contributed by atoms with Crippen LogP contribution in [0.1, 0.15) is 16.8 Å². The molecular weight excluding hydrogens is 472 g/mol. The number of ether oxygens (including phenoxy) is 1. The van der Waals surface area contributed by atoms with Crippen LogP contribution in [0.4, 0.5) is 11.4 Å². The lowest BCUT2D eigenvalue weighted by molar-refractivity contribution is -0.145. The van der Waals surface area contributed by atoms with E-state index in [0.29, 0.717) is 22.0 Å². The van der Waals surface area contributed by atoms with Gasteiger partial charge in [-0.15, -0.1) is 0 Å². The Hall–Kier alpha value is -2.38. The molecule has 1 saturated heterocycles. The highest BCUT2D eigenvalue weighted by atomic mass is 79.9. The average Bonchev–Trinajstić information content (AvgIpc) is 3.34. The number of nitrogens with one attached hydrogen (secondary N) is 2. The number of carbonyl (C=O) groups is 3. The predicted molar refractivity (Wildman–Crippen MR) is 116 cm³/mol. The fourth-order valence-corrected chi connectivity index (χ4v) is 6.28. The highest BCUT2D eigenvalue weighted by molar-refractivity contribution is 9.09. The molecule has 3 fully saturated rings. The van der Waals surface area contributed by atoms with Gasteiger partial charge in [0.25, 0.3) is 5.91 Å². The molecule has 30 heavy (non-hydrogen) atoms. The Morgan fingerprint density at radius 3 is 2.67 bits per heavy atom. The van der Waals surface area contributed by atoms with E-state index in [1.807, 2.05) is 0 Å². The molecule has 2 aromatic carbocycles. The third-order valence-electron chi connectivity index (χ3n) is 6.34. The number of anilines is 2. The number of esters is 1. The van der Waals surface area contributed by atoms with Gasteiger partial charge in [-0.2, -0.15) is 0 Å². The number of fused-ring (bicyclic) bond motifs is 1. The van der Waals surface area contributed by atoms with E-state index < -0.39 is 5.92 Å².